The molecule has 0 bridgehead atoms. The van der Waals surface area contributed by atoms with Gasteiger partial charge < -0.3 is 0 Å². The third-order valence-corrected chi connectivity index (χ3v) is 0.890. The Kier molecular flexibility index (Phi) is 2.23. The maximum absolute atomic E-state index is 11.5. The molecule has 5 heteroatoms. The molecule has 0 rings (SSSR count). The summed E-state index contributed by atoms with van der Waals surface area (Å²) in [4.78, 5) is 0. The highest BCUT2D eigenvalue weighted by molar-refractivity contribution is 6.34. The van der Waals surface area contributed by atoms with Crippen molar-refractivity contribution in [2.24, 2.45) is 0 Å². The van der Waals surface area contributed by atoms with Crippen LogP contribution >= 0.6 is 23.6 Å². The predicted molar refractivity (Wildman–Crippen MR) is 24.2 cm³/mol. The quantitative estimate of drug-likeness (QED) is 0.409. The van der Waals surface area contributed by atoms with E-state index in [1.54, 1.807) is 0 Å². The van der Waals surface area contributed by atoms with Crippen LogP contribution in [0.4, 0.5) is 8.78 Å². The van der Waals surface area contributed by atoms with E-state index in [0.717, 1.165) is 0 Å². The Morgan fingerprint density at radius 2 is 1.57 bits per heavy atom. The molecule has 0 unspecified atom stereocenters. The monoisotopic (exact) mass is 149 g/mol. The third kappa shape index (κ3) is 3.02. The minimum atomic E-state index is -3.14. The van der Waals surface area contributed by atoms with Crippen molar-refractivity contribution < 1.29 is 8.78 Å². The van der Waals surface area contributed by atoms with Gasteiger partial charge in [-0.15, -0.1) is 0 Å². The lowest BCUT2D eigenvalue weighted by atomic mass is 10.7. The fourth-order valence-electron chi connectivity index (χ4n) is 0. The van der Waals surface area contributed by atoms with Crippen LogP contribution in [0.5, 0.6) is 0 Å². The lowest BCUT2D eigenvalue weighted by Gasteiger charge is -2.10. The lowest BCUT2D eigenvalue weighted by molar-refractivity contribution is -0.0428. The van der Waals surface area contributed by atoms with Crippen LogP contribution in [0, 0.1) is 0 Å². The summed E-state index contributed by atoms with van der Waals surface area (Å²) >= 11 is 9.21. The zero-order valence-electron chi connectivity index (χ0n) is 3.46. The molecule has 0 saturated carbocycles. The molecule has 0 aromatic heterocycles. The number of halogens is 4. The highest BCUT2D eigenvalue weighted by Crippen LogP contribution is 2.22. The molecule has 0 aromatic rings. The molecule has 0 spiro atoms. The molecule has 0 aliphatic carbocycles. The normalized spacial score (nSPS) is 12.9. The van der Waals surface area contributed by atoms with E-state index in [2.05, 4.69) is 23.6 Å². The predicted octanol–water partition coefficient (Wildman–Crippen LogP) is 2.21. The van der Waals surface area contributed by atoms with Gasteiger partial charge in [-0.2, -0.15) is 8.78 Å². The Hall–Kier alpha value is 0.400. The van der Waals surface area contributed by atoms with Crippen LogP contribution in [-0.4, -0.2) is 9.98 Å². The number of alkyl halides is 2. The van der Waals surface area contributed by atoms with Gasteiger partial charge in [0.05, 0.1) is 0 Å². The van der Waals surface area contributed by atoms with Crippen LogP contribution in [0.3, 0.4) is 0 Å². The number of nitrogens with zero attached hydrogens (tertiary/aromatic N) is 1. The summed E-state index contributed by atoms with van der Waals surface area (Å²) in [5.74, 6) is 0. The number of hydrogen-bond donors (Lipinski definition) is 0. The lowest BCUT2D eigenvalue weighted by Crippen LogP contribution is -2.21. The first-order valence-corrected chi connectivity index (χ1v) is 2.12. The van der Waals surface area contributed by atoms with Crippen molar-refractivity contribution in [2.75, 3.05) is 0 Å². The van der Waals surface area contributed by atoms with Gasteiger partial charge in [0.15, 0.2) is 0 Å². The molecule has 44 valence electrons. The average Bonchev–Trinajstić information content (AvgIpc) is 1.31. The molecule has 0 atom stereocenters. The molecule has 0 heterocycles. The van der Waals surface area contributed by atoms with Crippen molar-refractivity contribution in [3.8, 4) is 0 Å². The van der Waals surface area contributed by atoms with Crippen molar-refractivity contribution >= 4 is 23.6 Å². The highest BCUT2D eigenvalue weighted by atomic mass is 35.5. The van der Waals surface area contributed by atoms with Gasteiger partial charge in [-0.05, 0) is 0 Å². The Labute approximate surface area is 50.0 Å². The molecule has 0 aliphatic heterocycles. The largest absolute Gasteiger partial charge is 0.328 e. The van der Waals surface area contributed by atoms with Crippen LogP contribution in [0.15, 0.2) is 0 Å². The van der Waals surface area contributed by atoms with E-state index in [1.807, 2.05) is 0 Å². The van der Waals surface area contributed by atoms with Crippen molar-refractivity contribution in [1.29, 1.82) is 0 Å². The van der Waals surface area contributed by atoms with E-state index in [-0.39, 0.29) is 3.94 Å². The summed E-state index contributed by atoms with van der Waals surface area (Å²) in [5, 5.41) is 0. The van der Waals surface area contributed by atoms with E-state index >= 15 is 0 Å². The zero-order valence-corrected chi connectivity index (χ0v) is 4.97. The average molecular weight is 150 g/mol. The van der Waals surface area contributed by atoms with Crippen LogP contribution in [0.1, 0.15) is 6.92 Å². The summed E-state index contributed by atoms with van der Waals surface area (Å²) in [6.07, 6.45) is 0. The standard InChI is InChI=1S/C2H3Cl2F2N/c1-2(5,6)7(3)4/h1H3. The second-order valence-electron chi connectivity index (χ2n) is 1.07. The van der Waals surface area contributed by atoms with Crippen LogP contribution in [-0.2, 0) is 0 Å². The summed E-state index contributed by atoms with van der Waals surface area (Å²) in [5.41, 5.74) is 0. The Morgan fingerprint density at radius 1 is 1.43 bits per heavy atom. The van der Waals surface area contributed by atoms with Crippen molar-refractivity contribution in [3.63, 3.8) is 0 Å². The molecule has 0 amide bonds. The molecule has 0 saturated heterocycles. The summed E-state index contributed by atoms with van der Waals surface area (Å²) in [6.45, 7) is 0.590. The maximum atomic E-state index is 11.5. The van der Waals surface area contributed by atoms with Gasteiger partial charge >= 0.3 is 6.05 Å². The Morgan fingerprint density at radius 3 is 1.57 bits per heavy atom. The maximum Gasteiger partial charge on any atom is 0.328 e. The van der Waals surface area contributed by atoms with Gasteiger partial charge in [-0.1, -0.05) is 3.94 Å². The van der Waals surface area contributed by atoms with Crippen molar-refractivity contribution in [1.82, 2.24) is 3.94 Å². The molecule has 0 fully saturated rings. The second kappa shape index (κ2) is 2.11. The van der Waals surface area contributed by atoms with Crippen LogP contribution in [0.25, 0.3) is 0 Å². The van der Waals surface area contributed by atoms with Crippen molar-refractivity contribution in [3.05, 3.63) is 0 Å². The number of hydrogen-bond acceptors (Lipinski definition) is 1. The molecule has 0 aromatic carbocycles. The Bertz CT molecular complexity index is 59.2. The van der Waals surface area contributed by atoms with E-state index in [0.29, 0.717) is 6.92 Å². The minimum Gasteiger partial charge on any atom is -0.186 e. The van der Waals surface area contributed by atoms with E-state index < -0.39 is 6.05 Å². The molecule has 0 N–H and O–H groups in total. The fourth-order valence-corrected chi connectivity index (χ4v) is 0. The SMILES string of the molecule is CC(F)(F)N(Cl)Cl. The zero-order chi connectivity index (χ0) is 6.08. The first-order valence-electron chi connectivity index (χ1n) is 1.44. The second-order valence-corrected chi connectivity index (χ2v) is 1.92. The first-order chi connectivity index (χ1) is 2.94. The molecular formula is C2H3Cl2F2N. The molecule has 0 aliphatic rings. The topological polar surface area (TPSA) is 3.24 Å². The third-order valence-electron chi connectivity index (χ3n) is 0.297. The number of rotatable bonds is 1. The minimum absolute atomic E-state index is 0.201. The van der Waals surface area contributed by atoms with Crippen molar-refractivity contribution in [2.45, 2.75) is 13.0 Å². The molecule has 0 radical (unpaired) electrons. The summed E-state index contributed by atoms with van der Waals surface area (Å²) in [7, 11) is 0. The molecule has 7 heavy (non-hydrogen) atoms. The van der Waals surface area contributed by atoms with Gasteiger partial charge in [0.25, 0.3) is 0 Å². The van der Waals surface area contributed by atoms with Gasteiger partial charge in [-0.25, -0.2) is 0 Å². The van der Waals surface area contributed by atoms with Gasteiger partial charge in [0, 0.05) is 30.5 Å². The summed E-state index contributed by atoms with van der Waals surface area (Å²) < 4.78 is 22.8. The Balaban J connectivity index is 3.54. The fraction of sp³-hybridized carbons (Fsp3) is 1.00. The highest BCUT2D eigenvalue weighted by Gasteiger charge is 2.27. The molecule has 1 nitrogen and oxygen atoms in total. The van der Waals surface area contributed by atoms with Gasteiger partial charge in [0.1, 0.15) is 0 Å². The van der Waals surface area contributed by atoms with Gasteiger partial charge in [-0.3, -0.25) is 0 Å². The first kappa shape index (κ1) is 7.40. The van der Waals surface area contributed by atoms with E-state index in [4.69, 9.17) is 0 Å². The van der Waals surface area contributed by atoms with Crippen LogP contribution < -0.4 is 0 Å². The van der Waals surface area contributed by atoms with Crippen LogP contribution in [0.2, 0.25) is 0 Å². The molecular weight excluding hydrogens is 147 g/mol. The van der Waals surface area contributed by atoms with Gasteiger partial charge in [0.2, 0.25) is 0 Å². The summed E-state index contributed by atoms with van der Waals surface area (Å²) in [6, 6.07) is -3.14. The van der Waals surface area contributed by atoms with E-state index in [1.165, 1.54) is 0 Å². The smallest absolute Gasteiger partial charge is 0.186 e. The van der Waals surface area contributed by atoms with E-state index in [9.17, 15) is 8.78 Å².